The van der Waals surface area contributed by atoms with Crippen LogP contribution in [0.15, 0.2) is 18.3 Å². The highest BCUT2D eigenvalue weighted by atomic mass is 16.1. The second kappa shape index (κ2) is 7.74. The van der Waals surface area contributed by atoms with E-state index in [1.165, 1.54) is 0 Å². The normalized spacial score (nSPS) is 12.3. The summed E-state index contributed by atoms with van der Waals surface area (Å²) < 4.78 is 0. The van der Waals surface area contributed by atoms with E-state index >= 15 is 0 Å². The Balaban J connectivity index is 2.53. The highest BCUT2D eigenvalue weighted by Crippen LogP contribution is 2.06. The fourth-order valence-electron chi connectivity index (χ4n) is 1.79. The molecule has 5 nitrogen and oxygen atoms in total. The lowest BCUT2D eigenvalue weighted by atomic mass is 10.2. The Labute approximate surface area is 115 Å². The van der Waals surface area contributed by atoms with Gasteiger partial charge in [0.15, 0.2) is 0 Å². The summed E-state index contributed by atoms with van der Waals surface area (Å²) in [6.07, 6.45) is 2.76. The van der Waals surface area contributed by atoms with Crippen molar-refractivity contribution in [2.24, 2.45) is 0 Å². The van der Waals surface area contributed by atoms with Gasteiger partial charge < -0.3 is 15.5 Å². The highest BCUT2D eigenvalue weighted by molar-refractivity contribution is 5.92. The van der Waals surface area contributed by atoms with Gasteiger partial charge >= 0.3 is 0 Å². The van der Waals surface area contributed by atoms with Gasteiger partial charge in [0.25, 0.3) is 5.91 Å². The monoisotopic (exact) mass is 264 g/mol. The summed E-state index contributed by atoms with van der Waals surface area (Å²) >= 11 is 0. The van der Waals surface area contributed by atoms with Crippen molar-refractivity contribution in [3.63, 3.8) is 0 Å². The van der Waals surface area contributed by atoms with E-state index in [2.05, 4.69) is 22.5 Å². The number of amides is 1. The molecule has 0 saturated carbocycles. The molecule has 0 spiro atoms. The van der Waals surface area contributed by atoms with E-state index in [0.29, 0.717) is 5.69 Å². The summed E-state index contributed by atoms with van der Waals surface area (Å²) in [7, 11) is 3.96. The van der Waals surface area contributed by atoms with E-state index in [0.717, 1.165) is 25.2 Å². The molecule has 1 atom stereocenters. The average molecular weight is 264 g/mol. The number of carbonyl (C=O) groups excluding carboxylic acids is 1. The summed E-state index contributed by atoms with van der Waals surface area (Å²) in [5.41, 5.74) is 1.40. The van der Waals surface area contributed by atoms with Crippen LogP contribution in [-0.2, 0) is 0 Å². The van der Waals surface area contributed by atoms with Crippen molar-refractivity contribution in [1.29, 1.82) is 0 Å². The van der Waals surface area contributed by atoms with E-state index in [4.69, 9.17) is 0 Å². The first kappa shape index (κ1) is 15.4. The molecule has 1 aromatic heterocycles. The number of nitrogens with one attached hydrogen (secondary N) is 2. The van der Waals surface area contributed by atoms with Gasteiger partial charge in [-0.05, 0) is 39.6 Å². The Morgan fingerprint density at radius 2 is 2.16 bits per heavy atom. The number of nitrogens with zero attached hydrogens (tertiary/aromatic N) is 2. The van der Waals surface area contributed by atoms with Gasteiger partial charge in [-0.2, -0.15) is 0 Å². The van der Waals surface area contributed by atoms with Crippen molar-refractivity contribution < 1.29 is 4.79 Å². The van der Waals surface area contributed by atoms with Crippen LogP contribution in [-0.4, -0.2) is 49.0 Å². The van der Waals surface area contributed by atoms with Crippen LogP contribution >= 0.6 is 0 Å². The fourth-order valence-corrected chi connectivity index (χ4v) is 1.79. The van der Waals surface area contributed by atoms with Gasteiger partial charge in [-0.15, -0.1) is 0 Å². The lowest BCUT2D eigenvalue weighted by molar-refractivity contribution is 0.0929. The molecule has 0 fully saturated rings. The van der Waals surface area contributed by atoms with Crippen LogP contribution in [0.3, 0.4) is 0 Å². The van der Waals surface area contributed by atoms with Crippen LogP contribution in [0.2, 0.25) is 0 Å². The maximum Gasteiger partial charge on any atom is 0.270 e. The third-order valence-corrected chi connectivity index (χ3v) is 2.59. The van der Waals surface area contributed by atoms with Crippen LogP contribution in [0.25, 0.3) is 0 Å². The van der Waals surface area contributed by atoms with Crippen LogP contribution in [0.5, 0.6) is 0 Å². The minimum Gasteiger partial charge on any atom is -0.384 e. The zero-order chi connectivity index (χ0) is 14.3. The minimum absolute atomic E-state index is 0.0993. The Morgan fingerprint density at radius 3 is 2.68 bits per heavy atom. The van der Waals surface area contributed by atoms with Crippen molar-refractivity contribution >= 4 is 11.6 Å². The summed E-state index contributed by atoms with van der Waals surface area (Å²) in [4.78, 5) is 18.2. The molecule has 2 N–H and O–H groups in total. The highest BCUT2D eigenvalue weighted by Gasteiger charge is 2.11. The fraction of sp³-hybridized carbons (Fsp3) is 0.571. The van der Waals surface area contributed by atoms with E-state index < -0.39 is 0 Å². The summed E-state index contributed by atoms with van der Waals surface area (Å²) in [5.74, 6) is -0.128. The first-order chi connectivity index (χ1) is 9.02. The summed E-state index contributed by atoms with van der Waals surface area (Å²) in [5, 5.41) is 6.15. The third kappa shape index (κ3) is 5.70. The van der Waals surface area contributed by atoms with Gasteiger partial charge in [0, 0.05) is 19.1 Å². The second-order valence-corrected chi connectivity index (χ2v) is 5.00. The predicted octanol–water partition coefficient (Wildman–Crippen LogP) is 1.58. The second-order valence-electron chi connectivity index (χ2n) is 5.00. The molecule has 0 aliphatic carbocycles. The lowest BCUT2D eigenvalue weighted by Gasteiger charge is -2.18. The van der Waals surface area contributed by atoms with Crippen molar-refractivity contribution in [3.8, 4) is 0 Å². The molecule has 0 bridgehead atoms. The largest absolute Gasteiger partial charge is 0.384 e. The van der Waals surface area contributed by atoms with E-state index in [-0.39, 0.29) is 11.9 Å². The van der Waals surface area contributed by atoms with Crippen molar-refractivity contribution in [2.75, 3.05) is 32.5 Å². The minimum atomic E-state index is -0.128. The van der Waals surface area contributed by atoms with Crippen LogP contribution in [0.4, 0.5) is 5.69 Å². The topological polar surface area (TPSA) is 57.3 Å². The molecule has 0 aliphatic heterocycles. The van der Waals surface area contributed by atoms with Crippen molar-refractivity contribution in [2.45, 2.75) is 26.3 Å². The molecule has 0 aliphatic rings. The Kier molecular flexibility index (Phi) is 6.29. The maximum absolute atomic E-state index is 11.9. The summed E-state index contributed by atoms with van der Waals surface area (Å²) in [6.45, 7) is 5.80. The van der Waals surface area contributed by atoms with Gasteiger partial charge in [-0.25, -0.2) is 4.98 Å². The van der Waals surface area contributed by atoms with E-state index in [9.17, 15) is 4.79 Å². The molecule has 5 heteroatoms. The van der Waals surface area contributed by atoms with Crippen LogP contribution in [0, 0.1) is 0 Å². The molecule has 0 aromatic carbocycles. The number of anilines is 1. The van der Waals surface area contributed by atoms with Crippen LogP contribution in [0.1, 0.15) is 30.8 Å². The van der Waals surface area contributed by atoms with Crippen molar-refractivity contribution in [1.82, 2.24) is 15.2 Å². The first-order valence-corrected chi connectivity index (χ1v) is 6.68. The molecule has 0 saturated heterocycles. The summed E-state index contributed by atoms with van der Waals surface area (Å²) in [6, 6.07) is 3.73. The number of rotatable bonds is 7. The number of pyridine rings is 1. The molecule has 1 rings (SSSR count). The Hall–Kier alpha value is -1.62. The molecular weight excluding hydrogens is 240 g/mol. The number of likely N-dealkylation sites (N-methyl/N-ethyl adjacent to an activating group) is 1. The quantitative estimate of drug-likeness (QED) is 0.785. The lowest BCUT2D eigenvalue weighted by Crippen LogP contribution is -2.39. The van der Waals surface area contributed by atoms with E-state index in [1.807, 2.05) is 32.0 Å². The van der Waals surface area contributed by atoms with Crippen LogP contribution < -0.4 is 10.6 Å². The van der Waals surface area contributed by atoms with Gasteiger partial charge in [0.05, 0.1) is 11.9 Å². The number of carbonyl (C=O) groups is 1. The molecule has 0 radical (unpaired) electrons. The Morgan fingerprint density at radius 1 is 1.42 bits per heavy atom. The van der Waals surface area contributed by atoms with Gasteiger partial charge in [0.1, 0.15) is 5.69 Å². The molecule has 1 amide bonds. The van der Waals surface area contributed by atoms with Gasteiger partial charge in [-0.3, -0.25) is 4.79 Å². The zero-order valence-corrected chi connectivity index (χ0v) is 12.2. The van der Waals surface area contributed by atoms with Gasteiger partial charge in [0.2, 0.25) is 0 Å². The third-order valence-electron chi connectivity index (χ3n) is 2.59. The molecule has 1 unspecified atom stereocenters. The smallest absolute Gasteiger partial charge is 0.270 e. The first-order valence-electron chi connectivity index (χ1n) is 6.68. The van der Waals surface area contributed by atoms with Crippen molar-refractivity contribution in [3.05, 3.63) is 24.0 Å². The maximum atomic E-state index is 11.9. The standard InChI is InChI=1S/C14H24N4O/c1-5-8-15-12-6-7-13(16-9-12)14(19)17-11(2)10-18(3)4/h6-7,9,11,15H,5,8,10H2,1-4H3,(H,17,19). The number of aromatic nitrogens is 1. The van der Waals surface area contributed by atoms with E-state index in [1.54, 1.807) is 12.3 Å². The van der Waals surface area contributed by atoms with Gasteiger partial charge in [-0.1, -0.05) is 6.92 Å². The molecule has 19 heavy (non-hydrogen) atoms. The molecule has 106 valence electrons. The molecule has 1 heterocycles. The SMILES string of the molecule is CCCNc1ccc(C(=O)NC(C)CN(C)C)nc1. The predicted molar refractivity (Wildman–Crippen MR) is 78.5 cm³/mol. The molecule has 1 aromatic rings. The zero-order valence-electron chi connectivity index (χ0n) is 12.2. The average Bonchev–Trinajstić information content (AvgIpc) is 2.35. The number of hydrogen-bond acceptors (Lipinski definition) is 4. The Bertz CT molecular complexity index is 389. The molecular formula is C14H24N4O. The number of hydrogen-bond donors (Lipinski definition) is 2.